The van der Waals surface area contributed by atoms with Crippen molar-refractivity contribution < 1.29 is 8.83 Å². The number of hydrogen-bond acceptors (Lipinski definition) is 4. The second kappa shape index (κ2) is 13.2. The molecule has 0 saturated heterocycles. The molecule has 0 amide bonds. The molecule has 0 radical (unpaired) electrons. The summed E-state index contributed by atoms with van der Waals surface area (Å²) in [7, 11) is 0. The number of fused-ring (bicyclic) bond motifs is 12. The highest BCUT2D eigenvalue weighted by atomic mass is 16.3. The average Bonchev–Trinajstić information content (AvgIpc) is 3.90. The minimum atomic E-state index is 0.883. The van der Waals surface area contributed by atoms with Gasteiger partial charge in [0.2, 0.25) is 0 Å². The molecule has 2 heterocycles. The third kappa shape index (κ3) is 5.13. The lowest BCUT2D eigenvalue weighted by Crippen LogP contribution is -2.10. The molecule has 10 aromatic carbocycles. The first-order chi connectivity index (χ1) is 30.6. The zero-order valence-corrected chi connectivity index (χ0v) is 34.2. The van der Waals surface area contributed by atoms with Crippen LogP contribution in [0.2, 0.25) is 0 Å². The van der Waals surface area contributed by atoms with E-state index in [1.54, 1.807) is 0 Å². The molecule has 2 aromatic heterocycles. The molecule has 0 unspecified atom stereocenters. The SMILES string of the molecule is Cc1cccc2c1oc1c(N(c3ccccc3)c3ccc4cc5c(cc4c3)-c3cc4cc(N(c6ccccc6)c6cccc7c6oc6c(C)cccc67)ccc4cc3-5)cccc12. The van der Waals surface area contributed by atoms with Crippen molar-refractivity contribution in [1.82, 2.24) is 0 Å². The summed E-state index contributed by atoms with van der Waals surface area (Å²) >= 11 is 0. The minimum Gasteiger partial charge on any atom is -0.454 e. The van der Waals surface area contributed by atoms with Crippen LogP contribution in [-0.4, -0.2) is 0 Å². The fraction of sp³-hybridized carbons (Fsp3) is 0.0345. The van der Waals surface area contributed by atoms with Crippen molar-refractivity contribution in [3.63, 3.8) is 0 Å². The number of hydrogen-bond donors (Lipinski definition) is 0. The maximum Gasteiger partial charge on any atom is 0.159 e. The van der Waals surface area contributed by atoms with E-state index >= 15 is 0 Å². The van der Waals surface area contributed by atoms with Crippen LogP contribution in [0.5, 0.6) is 0 Å². The summed E-state index contributed by atoms with van der Waals surface area (Å²) in [6.45, 7) is 4.23. The monoisotopic (exact) mass is 794 g/mol. The van der Waals surface area contributed by atoms with Crippen LogP contribution in [0.4, 0.5) is 34.1 Å². The molecule has 0 spiro atoms. The Morgan fingerprint density at radius 1 is 0.290 bits per heavy atom. The fourth-order valence-corrected chi connectivity index (χ4v) is 9.93. The summed E-state index contributed by atoms with van der Waals surface area (Å²) in [6.07, 6.45) is 0. The van der Waals surface area contributed by atoms with Gasteiger partial charge in [0.05, 0.1) is 11.4 Å². The largest absolute Gasteiger partial charge is 0.454 e. The topological polar surface area (TPSA) is 32.8 Å². The molecule has 0 aliphatic heterocycles. The molecule has 4 nitrogen and oxygen atoms in total. The zero-order valence-electron chi connectivity index (χ0n) is 34.2. The van der Waals surface area contributed by atoms with Crippen LogP contribution in [0, 0.1) is 13.8 Å². The molecular formula is C58H38N2O2. The third-order valence-corrected chi connectivity index (χ3v) is 12.9. The van der Waals surface area contributed by atoms with Gasteiger partial charge in [-0.3, -0.25) is 0 Å². The number of furan rings is 2. The maximum atomic E-state index is 6.70. The quantitative estimate of drug-likeness (QED) is 0.168. The van der Waals surface area contributed by atoms with E-state index in [0.717, 1.165) is 89.1 Å². The lowest BCUT2D eigenvalue weighted by molar-refractivity contribution is 0.665. The summed E-state index contributed by atoms with van der Waals surface area (Å²) in [4.78, 5) is 4.65. The number of para-hydroxylation sites is 6. The lowest BCUT2D eigenvalue weighted by atomic mass is 9.78. The van der Waals surface area contributed by atoms with Crippen LogP contribution in [0.15, 0.2) is 203 Å². The van der Waals surface area contributed by atoms with Crippen molar-refractivity contribution in [2.75, 3.05) is 9.80 Å². The van der Waals surface area contributed by atoms with E-state index < -0.39 is 0 Å². The first kappa shape index (κ1) is 34.8. The Balaban J connectivity index is 0.929. The van der Waals surface area contributed by atoms with E-state index in [2.05, 4.69) is 218 Å². The smallest absolute Gasteiger partial charge is 0.159 e. The normalized spacial score (nSPS) is 12.0. The van der Waals surface area contributed by atoms with Gasteiger partial charge in [0.15, 0.2) is 11.2 Å². The van der Waals surface area contributed by atoms with Crippen molar-refractivity contribution in [2.24, 2.45) is 0 Å². The van der Waals surface area contributed by atoms with Crippen LogP contribution in [0.1, 0.15) is 11.1 Å². The van der Waals surface area contributed by atoms with Crippen LogP contribution >= 0.6 is 0 Å². The highest BCUT2D eigenvalue weighted by Crippen LogP contribution is 2.52. The molecule has 62 heavy (non-hydrogen) atoms. The van der Waals surface area contributed by atoms with Gasteiger partial charge in [-0.15, -0.1) is 0 Å². The molecule has 0 N–H and O–H groups in total. The van der Waals surface area contributed by atoms with Crippen molar-refractivity contribution in [3.05, 3.63) is 205 Å². The van der Waals surface area contributed by atoms with E-state index in [1.807, 2.05) is 0 Å². The minimum absolute atomic E-state index is 0.883. The fourth-order valence-electron chi connectivity index (χ4n) is 9.93. The molecule has 292 valence electrons. The second-order valence-electron chi connectivity index (χ2n) is 16.6. The van der Waals surface area contributed by atoms with Crippen molar-refractivity contribution in [1.29, 1.82) is 0 Å². The maximum absolute atomic E-state index is 6.70. The molecule has 1 aliphatic carbocycles. The molecule has 13 rings (SSSR count). The molecule has 0 atom stereocenters. The van der Waals surface area contributed by atoms with Gasteiger partial charge in [0.1, 0.15) is 11.2 Å². The van der Waals surface area contributed by atoms with Crippen LogP contribution < -0.4 is 9.80 Å². The summed E-state index contributed by atoms with van der Waals surface area (Å²) in [6, 6.07) is 70.0. The zero-order chi connectivity index (χ0) is 41.1. The molecule has 0 bridgehead atoms. The Morgan fingerprint density at radius 2 is 0.661 bits per heavy atom. The summed E-state index contributed by atoms with van der Waals surface area (Å²) < 4.78 is 13.4. The Morgan fingerprint density at radius 3 is 1.08 bits per heavy atom. The molecule has 0 fully saturated rings. The van der Waals surface area contributed by atoms with Gasteiger partial charge in [-0.25, -0.2) is 0 Å². The number of benzene rings is 10. The van der Waals surface area contributed by atoms with Crippen molar-refractivity contribution >= 4 is 99.5 Å². The number of anilines is 6. The van der Waals surface area contributed by atoms with Gasteiger partial charge in [-0.1, -0.05) is 109 Å². The Labute approximate surface area is 358 Å². The number of nitrogens with zero attached hydrogens (tertiary/aromatic N) is 2. The molecule has 1 aliphatic rings. The standard InChI is InChI=1S/C58H38N2O2/c1-35-13-9-19-45-47-21-11-23-53(57(47)61-55(35)45)59(41-15-5-3-6-16-41)43-27-25-37-31-49-50-32-38-26-28-44(30-40(38)34-52(50)51(49)33-39(37)29-43)60(42-17-7-4-8-18-42)54-24-12-22-48-46-20-10-14-36(2)56(46)62-58(48)54/h3-34H,1-2H3. The van der Waals surface area contributed by atoms with Crippen molar-refractivity contribution in [3.8, 4) is 22.3 Å². The lowest BCUT2D eigenvalue weighted by Gasteiger charge is -2.28. The summed E-state index contributed by atoms with van der Waals surface area (Å²) in [5.41, 5.74) is 17.4. The predicted molar refractivity (Wildman–Crippen MR) is 259 cm³/mol. The summed E-state index contributed by atoms with van der Waals surface area (Å²) in [5, 5.41) is 9.32. The number of aryl methyl sites for hydroxylation is 2. The number of rotatable bonds is 6. The first-order valence-electron chi connectivity index (χ1n) is 21.2. The highest BCUT2D eigenvalue weighted by molar-refractivity contribution is 6.15. The summed E-state index contributed by atoms with van der Waals surface area (Å²) in [5.74, 6) is 0. The predicted octanol–water partition coefficient (Wildman–Crippen LogP) is 17.0. The van der Waals surface area contributed by atoms with Gasteiger partial charge < -0.3 is 18.6 Å². The van der Waals surface area contributed by atoms with Crippen molar-refractivity contribution in [2.45, 2.75) is 13.8 Å². The molecule has 4 heteroatoms. The van der Waals surface area contributed by atoms with Gasteiger partial charge >= 0.3 is 0 Å². The van der Waals surface area contributed by atoms with Crippen LogP contribution in [0.25, 0.3) is 87.7 Å². The Kier molecular flexibility index (Phi) is 7.40. The highest BCUT2D eigenvalue weighted by Gasteiger charge is 2.26. The van der Waals surface area contributed by atoms with E-state index in [9.17, 15) is 0 Å². The van der Waals surface area contributed by atoms with Gasteiger partial charge in [-0.05, 0) is 154 Å². The van der Waals surface area contributed by atoms with E-state index in [0.29, 0.717) is 0 Å². The Bertz CT molecular complexity index is 3540. The van der Waals surface area contributed by atoms with E-state index in [4.69, 9.17) is 8.83 Å². The van der Waals surface area contributed by atoms with Crippen LogP contribution in [-0.2, 0) is 0 Å². The Hall–Kier alpha value is -8.08. The second-order valence-corrected chi connectivity index (χ2v) is 16.6. The van der Waals surface area contributed by atoms with Gasteiger partial charge in [0, 0.05) is 44.3 Å². The average molecular weight is 795 g/mol. The van der Waals surface area contributed by atoms with E-state index in [-0.39, 0.29) is 0 Å². The van der Waals surface area contributed by atoms with Crippen LogP contribution in [0.3, 0.4) is 0 Å². The van der Waals surface area contributed by atoms with Gasteiger partial charge in [0.25, 0.3) is 0 Å². The molecule has 12 aromatic rings. The first-order valence-corrected chi connectivity index (χ1v) is 21.2. The molecular weight excluding hydrogens is 757 g/mol. The van der Waals surface area contributed by atoms with E-state index in [1.165, 1.54) is 43.8 Å². The van der Waals surface area contributed by atoms with Gasteiger partial charge in [-0.2, -0.15) is 0 Å². The molecule has 0 saturated carbocycles. The third-order valence-electron chi connectivity index (χ3n) is 12.9.